The van der Waals surface area contributed by atoms with Gasteiger partial charge in [-0.1, -0.05) is 0 Å². The van der Waals surface area contributed by atoms with Gasteiger partial charge in [0.05, 0.1) is 17.7 Å². The topological polar surface area (TPSA) is 112 Å². The second-order valence-corrected chi connectivity index (χ2v) is 3.93. The number of aliphatic hydroxyl groups is 1. The summed E-state index contributed by atoms with van der Waals surface area (Å²) in [6.45, 7) is -0.0653. The molecule has 0 aliphatic heterocycles. The predicted molar refractivity (Wildman–Crippen MR) is 60.6 cm³/mol. The Kier molecular flexibility index (Phi) is 5.37. The van der Waals surface area contributed by atoms with Gasteiger partial charge in [-0.25, -0.2) is 14.6 Å². The minimum absolute atomic E-state index is 0.0283. The Labute approximate surface area is 101 Å². The van der Waals surface area contributed by atoms with Crippen molar-refractivity contribution in [1.82, 2.24) is 15.6 Å². The van der Waals surface area contributed by atoms with Crippen LogP contribution in [0.5, 0.6) is 0 Å². The van der Waals surface area contributed by atoms with Crippen molar-refractivity contribution >= 4 is 23.3 Å². The molecule has 0 aliphatic carbocycles. The normalized spacial score (nSPS) is 11.8. The second-order valence-electron chi connectivity index (χ2n) is 3.21. The molecular formula is C9H13N3O4S. The van der Waals surface area contributed by atoms with Gasteiger partial charge in [0.1, 0.15) is 6.04 Å². The van der Waals surface area contributed by atoms with Crippen LogP contribution >= 0.6 is 11.3 Å². The van der Waals surface area contributed by atoms with E-state index in [1.165, 1.54) is 11.3 Å². The van der Waals surface area contributed by atoms with E-state index in [4.69, 9.17) is 10.2 Å². The minimum atomic E-state index is -1.18. The van der Waals surface area contributed by atoms with Gasteiger partial charge in [0.15, 0.2) is 0 Å². The third kappa shape index (κ3) is 4.79. The second kappa shape index (κ2) is 6.81. The third-order valence-electron chi connectivity index (χ3n) is 1.93. The van der Waals surface area contributed by atoms with Crippen LogP contribution in [0.1, 0.15) is 12.1 Å². The van der Waals surface area contributed by atoms with Gasteiger partial charge >= 0.3 is 12.0 Å². The first-order valence-electron chi connectivity index (χ1n) is 4.88. The first kappa shape index (κ1) is 13.4. The zero-order valence-electron chi connectivity index (χ0n) is 8.92. The molecule has 7 nitrogen and oxygen atoms in total. The minimum Gasteiger partial charge on any atom is -0.480 e. The van der Waals surface area contributed by atoms with E-state index in [0.717, 1.165) is 0 Å². The van der Waals surface area contributed by atoms with Crippen molar-refractivity contribution < 1.29 is 19.8 Å². The number of hydrogen-bond acceptors (Lipinski definition) is 5. The molecule has 0 unspecified atom stereocenters. The van der Waals surface area contributed by atoms with Gasteiger partial charge in [0, 0.05) is 18.4 Å². The average Bonchev–Trinajstić information content (AvgIpc) is 2.78. The first-order valence-corrected chi connectivity index (χ1v) is 5.83. The summed E-state index contributed by atoms with van der Waals surface area (Å²) in [4.78, 5) is 26.0. The van der Waals surface area contributed by atoms with Crippen LogP contribution in [-0.4, -0.2) is 39.8 Å². The standard InChI is InChI=1S/C9H13N3O4S/c13-2-1-7(8(14)15)12-9(16)10-3-6-4-17-5-11-6/h4-5,7,13H,1-3H2,(H,14,15)(H2,10,12,16)/t7-/m0/s1. The van der Waals surface area contributed by atoms with Gasteiger partial charge in [0.25, 0.3) is 0 Å². The third-order valence-corrected chi connectivity index (χ3v) is 2.57. The maximum atomic E-state index is 11.3. The van der Waals surface area contributed by atoms with Gasteiger partial charge in [-0.15, -0.1) is 11.3 Å². The van der Waals surface area contributed by atoms with Crippen molar-refractivity contribution in [2.75, 3.05) is 6.61 Å². The molecule has 8 heteroatoms. The Bertz CT molecular complexity index is 368. The molecule has 1 heterocycles. The highest BCUT2D eigenvalue weighted by molar-refractivity contribution is 7.07. The van der Waals surface area contributed by atoms with E-state index in [1.807, 2.05) is 0 Å². The molecule has 0 aromatic carbocycles. The molecule has 0 fully saturated rings. The number of carboxylic acid groups (broad SMARTS) is 1. The molecule has 1 rings (SSSR count). The summed E-state index contributed by atoms with van der Waals surface area (Å²) in [5, 5.41) is 23.9. The Morgan fingerprint density at radius 3 is 2.82 bits per heavy atom. The summed E-state index contributed by atoms with van der Waals surface area (Å²) < 4.78 is 0. The summed E-state index contributed by atoms with van der Waals surface area (Å²) in [5.74, 6) is -1.18. The molecule has 1 atom stereocenters. The highest BCUT2D eigenvalue weighted by Crippen LogP contribution is 1.99. The van der Waals surface area contributed by atoms with E-state index in [-0.39, 0.29) is 19.6 Å². The average molecular weight is 259 g/mol. The van der Waals surface area contributed by atoms with Gasteiger partial charge in [-0.05, 0) is 0 Å². The van der Waals surface area contributed by atoms with Crippen LogP contribution in [-0.2, 0) is 11.3 Å². The summed E-state index contributed by atoms with van der Waals surface area (Å²) in [6, 6.07) is -1.69. The predicted octanol–water partition coefficient (Wildman–Crippen LogP) is -0.222. The lowest BCUT2D eigenvalue weighted by atomic mass is 10.2. The van der Waals surface area contributed by atoms with Crippen LogP contribution in [0.3, 0.4) is 0 Å². The molecule has 1 aromatic heterocycles. The van der Waals surface area contributed by atoms with Gasteiger partial charge < -0.3 is 20.8 Å². The number of carbonyl (C=O) groups is 2. The molecule has 0 saturated carbocycles. The SMILES string of the molecule is O=C(NCc1cscn1)N[C@@H](CCO)C(=O)O. The van der Waals surface area contributed by atoms with Gasteiger partial charge in [-0.3, -0.25) is 0 Å². The van der Waals surface area contributed by atoms with E-state index in [9.17, 15) is 9.59 Å². The van der Waals surface area contributed by atoms with Crippen LogP contribution in [0.4, 0.5) is 4.79 Å². The maximum Gasteiger partial charge on any atom is 0.326 e. The van der Waals surface area contributed by atoms with Crippen LogP contribution in [0.25, 0.3) is 0 Å². The van der Waals surface area contributed by atoms with Crippen molar-refractivity contribution in [2.24, 2.45) is 0 Å². The van der Waals surface area contributed by atoms with E-state index < -0.39 is 18.0 Å². The Balaban J connectivity index is 2.34. The largest absolute Gasteiger partial charge is 0.480 e. The van der Waals surface area contributed by atoms with Crippen LogP contribution in [0.15, 0.2) is 10.9 Å². The quantitative estimate of drug-likeness (QED) is 0.564. The number of rotatable bonds is 6. The molecule has 17 heavy (non-hydrogen) atoms. The van der Waals surface area contributed by atoms with Crippen molar-refractivity contribution in [1.29, 1.82) is 0 Å². The molecule has 0 bridgehead atoms. The van der Waals surface area contributed by atoms with Crippen molar-refractivity contribution in [3.8, 4) is 0 Å². The fourth-order valence-electron chi connectivity index (χ4n) is 1.09. The van der Waals surface area contributed by atoms with Crippen molar-refractivity contribution in [2.45, 2.75) is 19.0 Å². The van der Waals surface area contributed by atoms with E-state index in [2.05, 4.69) is 15.6 Å². The monoisotopic (exact) mass is 259 g/mol. The van der Waals surface area contributed by atoms with Gasteiger partial charge in [-0.2, -0.15) is 0 Å². The number of aliphatic carboxylic acids is 1. The fourth-order valence-corrected chi connectivity index (χ4v) is 1.65. The molecule has 0 radical (unpaired) electrons. The zero-order valence-corrected chi connectivity index (χ0v) is 9.74. The van der Waals surface area contributed by atoms with E-state index in [1.54, 1.807) is 10.9 Å². The smallest absolute Gasteiger partial charge is 0.326 e. The molecule has 4 N–H and O–H groups in total. The Hall–Kier alpha value is -1.67. The van der Waals surface area contributed by atoms with E-state index in [0.29, 0.717) is 5.69 Å². The van der Waals surface area contributed by atoms with Crippen LogP contribution in [0.2, 0.25) is 0 Å². The number of amides is 2. The highest BCUT2D eigenvalue weighted by atomic mass is 32.1. The van der Waals surface area contributed by atoms with Crippen molar-refractivity contribution in [3.05, 3.63) is 16.6 Å². The number of nitrogens with one attached hydrogen (secondary N) is 2. The first-order chi connectivity index (χ1) is 8.13. The molecule has 2 amide bonds. The summed E-state index contributed by atoms with van der Waals surface area (Å²) >= 11 is 1.41. The lowest BCUT2D eigenvalue weighted by Crippen LogP contribution is -2.46. The number of aliphatic hydroxyl groups excluding tert-OH is 1. The molecular weight excluding hydrogens is 246 g/mol. The van der Waals surface area contributed by atoms with Crippen LogP contribution in [0, 0.1) is 0 Å². The number of aromatic nitrogens is 1. The fraction of sp³-hybridized carbons (Fsp3) is 0.444. The highest BCUT2D eigenvalue weighted by Gasteiger charge is 2.18. The van der Waals surface area contributed by atoms with Gasteiger partial charge in [0.2, 0.25) is 0 Å². The summed E-state index contributed by atoms with van der Waals surface area (Å²) in [5.41, 5.74) is 2.35. The Morgan fingerprint density at radius 2 is 2.29 bits per heavy atom. The number of urea groups is 1. The number of carboxylic acids is 1. The summed E-state index contributed by atoms with van der Waals surface area (Å²) in [6.07, 6.45) is -0.0283. The molecule has 1 aromatic rings. The zero-order chi connectivity index (χ0) is 12.7. The molecule has 0 saturated heterocycles. The number of nitrogens with zero attached hydrogens (tertiary/aromatic N) is 1. The number of carbonyl (C=O) groups excluding carboxylic acids is 1. The molecule has 0 spiro atoms. The maximum absolute atomic E-state index is 11.3. The Morgan fingerprint density at radius 1 is 1.53 bits per heavy atom. The van der Waals surface area contributed by atoms with E-state index >= 15 is 0 Å². The van der Waals surface area contributed by atoms with Crippen LogP contribution < -0.4 is 10.6 Å². The van der Waals surface area contributed by atoms with Crippen molar-refractivity contribution in [3.63, 3.8) is 0 Å². The lowest BCUT2D eigenvalue weighted by molar-refractivity contribution is -0.139. The number of thiazole rings is 1. The molecule has 94 valence electrons. The summed E-state index contributed by atoms with van der Waals surface area (Å²) in [7, 11) is 0. The lowest BCUT2D eigenvalue weighted by Gasteiger charge is -2.13. The molecule has 0 aliphatic rings. The number of hydrogen-bond donors (Lipinski definition) is 4.